The maximum absolute atomic E-state index is 11.7. The number of hydrogen-bond acceptors (Lipinski definition) is 4. The second kappa shape index (κ2) is 5.70. The number of carbonyl (C=O) groups excluding carboxylic acids is 2. The Bertz CT molecular complexity index is 243. The number of methoxy groups -OCH3 is 1. The van der Waals surface area contributed by atoms with Crippen LogP contribution >= 0.6 is 0 Å². The number of amides is 1. The molecule has 1 saturated carbocycles. The average molecular weight is 214 g/mol. The molecular weight excluding hydrogens is 196 g/mol. The maximum atomic E-state index is 11.7. The van der Waals surface area contributed by atoms with Gasteiger partial charge in [-0.05, 0) is 25.3 Å². The summed E-state index contributed by atoms with van der Waals surface area (Å²) in [6.07, 6.45) is 2.92. The van der Waals surface area contributed by atoms with Crippen molar-refractivity contribution < 1.29 is 14.3 Å². The smallest absolute Gasteiger partial charge is 0.325 e. The van der Waals surface area contributed by atoms with Crippen LogP contribution in [0.1, 0.15) is 19.3 Å². The molecule has 0 aromatic heterocycles. The maximum Gasteiger partial charge on any atom is 0.325 e. The van der Waals surface area contributed by atoms with E-state index in [1.54, 1.807) is 0 Å². The Hall–Kier alpha value is -1.10. The van der Waals surface area contributed by atoms with Crippen LogP contribution in [0.15, 0.2) is 0 Å². The number of esters is 1. The zero-order chi connectivity index (χ0) is 11.3. The molecule has 2 atom stereocenters. The molecule has 0 unspecified atom stereocenters. The van der Waals surface area contributed by atoms with E-state index < -0.39 is 5.97 Å². The van der Waals surface area contributed by atoms with Gasteiger partial charge >= 0.3 is 5.97 Å². The molecule has 1 aliphatic carbocycles. The first-order valence-electron chi connectivity index (χ1n) is 5.23. The summed E-state index contributed by atoms with van der Waals surface area (Å²) in [7, 11) is 1.30. The van der Waals surface area contributed by atoms with E-state index in [1.165, 1.54) is 7.11 Å². The van der Waals surface area contributed by atoms with Crippen LogP contribution in [0.2, 0.25) is 0 Å². The van der Waals surface area contributed by atoms with Gasteiger partial charge in [-0.3, -0.25) is 9.59 Å². The number of hydrogen-bond donors (Lipinski definition) is 2. The zero-order valence-electron chi connectivity index (χ0n) is 8.99. The molecule has 5 nitrogen and oxygen atoms in total. The topological polar surface area (TPSA) is 81.4 Å². The number of nitrogens with two attached hydrogens (primary N) is 1. The predicted octanol–water partition coefficient (Wildman–Crippen LogP) is -0.349. The molecule has 0 bridgehead atoms. The van der Waals surface area contributed by atoms with Gasteiger partial charge in [0.2, 0.25) is 5.91 Å². The lowest BCUT2D eigenvalue weighted by atomic mass is 9.95. The summed E-state index contributed by atoms with van der Waals surface area (Å²) in [4.78, 5) is 22.5. The first kappa shape index (κ1) is 12.0. The Morgan fingerprint density at radius 1 is 1.47 bits per heavy atom. The summed E-state index contributed by atoms with van der Waals surface area (Å²) in [5.41, 5.74) is 5.57. The Morgan fingerprint density at radius 2 is 2.20 bits per heavy atom. The molecule has 0 aromatic carbocycles. The molecule has 3 N–H and O–H groups in total. The van der Waals surface area contributed by atoms with E-state index in [0.717, 1.165) is 19.3 Å². The minimum atomic E-state index is -0.425. The third-order valence-electron chi connectivity index (χ3n) is 2.93. The SMILES string of the molecule is COC(=O)CNC(=O)[C@@H]1CCC[C@@H]1CN. The van der Waals surface area contributed by atoms with Crippen molar-refractivity contribution in [2.24, 2.45) is 17.6 Å². The minimum absolute atomic E-state index is 0.0281. The lowest BCUT2D eigenvalue weighted by Crippen LogP contribution is -2.38. The monoisotopic (exact) mass is 214 g/mol. The molecule has 1 rings (SSSR count). The summed E-state index contributed by atoms with van der Waals surface area (Å²) < 4.78 is 4.44. The fourth-order valence-electron chi connectivity index (χ4n) is 2.03. The summed E-state index contributed by atoms with van der Waals surface area (Å²) in [6.45, 7) is 0.486. The summed E-state index contributed by atoms with van der Waals surface area (Å²) in [5.74, 6) is -0.263. The van der Waals surface area contributed by atoms with Gasteiger partial charge in [0.25, 0.3) is 0 Å². The van der Waals surface area contributed by atoms with E-state index in [1.807, 2.05) is 0 Å². The van der Waals surface area contributed by atoms with Crippen LogP contribution in [0.4, 0.5) is 0 Å². The lowest BCUT2D eigenvalue weighted by molar-refractivity contribution is -0.141. The molecule has 1 fully saturated rings. The quantitative estimate of drug-likeness (QED) is 0.627. The molecule has 0 aromatic rings. The van der Waals surface area contributed by atoms with Gasteiger partial charge in [-0.2, -0.15) is 0 Å². The van der Waals surface area contributed by atoms with Crippen molar-refractivity contribution in [1.82, 2.24) is 5.32 Å². The second-order valence-corrected chi connectivity index (χ2v) is 3.83. The van der Waals surface area contributed by atoms with E-state index in [4.69, 9.17) is 5.73 Å². The molecule has 5 heteroatoms. The van der Waals surface area contributed by atoms with Crippen molar-refractivity contribution in [1.29, 1.82) is 0 Å². The van der Waals surface area contributed by atoms with Crippen LogP contribution in [0, 0.1) is 11.8 Å². The van der Waals surface area contributed by atoms with Gasteiger partial charge in [0.15, 0.2) is 0 Å². The van der Waals surface area contributed by atoms with Gasteiger partial charge in [0.05, 0.1) is 7.11 Å². The highest BCUT2D eigenvalue weighted by Crippen LogP contribution is 2.30. The van der Waals surface area contributed by atoms with Crippen LogP contribution in [-0.4, -0.2) is 32.1 Å². The van der Waals surface area contributed by atoms with Gasteiger partial charge in [-0.15, -0.1) is 0 Å². The number of nitrogens with one attached hydrogen (secondary N) is 1. The number of carbonyl (C=O) groups is 2. The second-order valence-electron chi connectivity index (χ2n) is 3.83. The molecule has 1 aliphatic rings. The Labute approximate surface area is 89.3 Å². The van der Waals surface area contributed by atoms with Crippen molar-refractivity contribution in [2.45, 2.75) is 19.3 Å². The van der Waals surface area contributed by atoms with Gasteiger partial charge in [-0.25, -0.2) is 0 Å². The first-order chi connectivity index (χ1) is 7.19. The van der Waals surface area contributed by atoms with Gasteiger partial charge < -0.3 is 15.8 Å². The third-order valence-corrected chi connectivity index (χ3v) is 2.93. The molecule has 15 heavy (non-hydrogen) atoms. The fraction of sp³-hybridized carbons (Fsp3) is 0.800. The molecule has 0 radical (unpaired) electrons. The van der Waals surface area contributed by atoms with Crippen LogP contribution in [0.5, 0.6) is 0 Å². The van der Waals surface area contributed by atoms with E-state index in [9.17, 15) is 9.59 Å². The first-order valence-corrected chi connectivity index (χ1v) is 5.23. The Kier molecular flexibility index (Phi) is 4.55. The summed E-state index contributed by atoms with van der Waals surface area (Å²) in [6, 6.07) is 0. The summed E-state index contributed by atoms with van der Waals surface area (Å²) >= 11 is 0. The van der Waals surface area contributed by atoms with Gasteiger partial charge in [-0.1, -0.05) is 6.42 Å². The molecular formula is C10H18N2O3. The third kappa shape index (κ3) is 3.20. The van der Waals surface area contributed by atoms with E-state index in [-0.39, 0.29) is 24.3 Å². The molecule has 1 amide bonds. The standard InChI is InChI=1S/C10H18N2O3/c1-15-9(13)6-12-10(14)8-4-2-3-7(8)5-11/h7-8H,2-6,11H2,1H3,(H,12,14)/t7-,8-/m1/s1. The van der Waals surface area contributed by atoms with Crippen LogP contribution < -0.4 is 11.1 Å². The van der Waals surface area contributed by atoms with E-state index in [2.05, 4.69) is 10.1 Å². The van der Waals surface area contributed by atoms with Crippen molar-refractivity contribution in [3.05, 3.63) is 0 Å². The highest BCUT2D eigenvalue weighted by Gasteiger charge is 2.31. The molecule has 0 heterocycles. The van der Waals surface area contributed by atoms with Crippen molar-refractivity contribution in [2.75, 3.05) is 20.2 Å². The largest absolute Gasteiger partial charge is 0.468 e. The van der Waals surface area contributed by atoms with Crippen LogP contribution in [0.25, 0.3) is 0 Å². The average Bonchev–Trinajstić information content (AvgIpc) is 2.73. The molecule has 86 valence electrons. The highest BCUT2D eigenvalue weighted by molar-refractivity contribution is 5.83. The minimum Gasteiger partial charge on any atom is -0.468 e. The fourth-order valence-corrected chi connectivity index (χ4v) is 2.03. The number of ether oxygens (including phenoxy) is 1. The Morgan fingerprint density at radius 3 is 2.80 bits per heavy atom. The molecule has 0 spiro atoms. The Balaban J connectivity index is 2.36. The number of rotatable bonds is 4. The predicted molar refractivity (Wildman–Crippen MR) is 54.9 cm³/mol. The van der Waals surface area contributed by atoms with E-state index >= 15 is 0 Å². The van der Waals surface area contributed by atoms with Crippen molar-refractivity contribution in [3.63, 3.8) is 0 Å². The van der Waals surface area contributed by atoms with E-state index in [0.29, 0.717) is 6.54 Å². The lowest BCUT2D eigenvalue weighted by Gasteiger charge is -2.16. The van der Waals surface area contributed by atoms with Crippen molar-refractivity contribution in [3.8, 4) is 0 Å². The van der Waals surface area contributed by atoms with Crippen LogP contribution in [0.3, 0.4) is 0 Å². The van der Waals surface area contributed by atoms with Gasteiger partial charge in [0, 0.05) is 5.92 Å². The normalized spacial score (nSPS) is 24.9. The molecule has 0 aliphatic heterocycles. The van der Waals surface area contributed by atoms with Crippen LogP contribution in [-0.2, 0) is 14.3 Å². The molecule has 0 saturated heterocycles. The summed E-state index contributed by atoms with van der Waals surface area (Å²) in [5, 5.41) is 2.57. The van der Waals surface area contributed by atoms with Crippen molar-refractivity contribution >= 4 is 11.9 Å². The zero-order valence-corrected chi connectivity index (χ0v) is 8.99. The highest BCUT2D eigenvalue weighted by atomic mass is 16.5. The van der Waals surface area contributed by atoms with Gasteiger partial charge in [0.1, 0.15) is 6.54 Å².